The molecule has 0 amide bonds. The maximum atomic E-state index is 7.33. The van der Waals surface area contributed by atoms with Gasteiger partial charge in [0, 0.05) is 58.6 Å². The maximum Gasteiger partial charge on any atom is 0.668 e. The molecular formula is H4LuO4SiTi. The van der Waals surface area contributed by atoms with Crippen LogP contribution in [0, 0.1) is 36.9 Å². The molecule has 0 bridgehead atoms. The Hall–Kier alpha value is 2.00. The van der Waals surface area contributed by atoms with Crippen molar-refractivity contribution in [3.63, 3.8) is 0 Å². The van der Waals surface area contributed by atoms with Gasteiger partial charge in [-0.3, -0.25) is 0 Å². The van der Waals surface area contributed by atoms with Crippen molar-refractivity contribution in [2.45, 2.75) is 0 Å². The fraction of sp³-hybridized carbons (Fsp3) is 0. The van der Waals surface area contributed by atoms with Crippen LogP contribution in [-0.4, -0.2) is 28.2 Å². The van der Waals surface area contributed by atoms with Crippen molar-refractivity contribution in [2.75, 3.05) is 0 Å². The van der Waals surface area contributed by atoms with Gasteiger partial charge in [-0.25, -0.2) is 0 Å². The SMILES string of the molecule is O[Si](O)(O)O.[Lu].[Ti]. The molecule has 0 aromatic carbocycles. The van der Waals surface area contributed by atoms with E-state index in [-0.39, 0.29) is 58.6 Å². The van der Waals surface area contributed by atoms with E-state index in [0.717, 1.165) is 0 Å². The Morgan fingerprint density at radius 1 is 0.857 bits per heavy atom. The summed E-state index contributed by atoms with van der Waals surface area (Å²) in [6.45, 7) is 0. The van der Waals surface area contributed by atoms with E-state index in [9.17, 15) is 0 Å². The molecule has 4 nitrogen and oxygen atoms in total. The van der Waals surface area contributed by atoms with Gasteiger partial charge in [0.15, 0.2) is 0 Å². The number of hydrogen-bond donors (Lipinski definition) is 4. The van der Waals surface area contributed by atoms with Crippen molar-refractivity contribution in [2.24, 2.45) is 0 Å². The standard InChI is InChI=1S/Lu.H4O4Si.Ti/c;1-5(2,3)4;/h;1-4H;. The number of rotatable bonds is 0. The smallest absolute Gasteiger partial charge is 0.368 e. The third kappa shape index (κ3) is 71.8. The van der Waals surface area contributed by atoms with Gasteiger partial charge in [0.25, 0.3) is 0 Å². The van der Waals surface area contributed by atoms with Crippen molar-refractivity contribution in [3.8, 4) is 0 Å². The van der Waals surface area contributed by atoms with Crippen LogP contribution in [-0.2, 0) is 21.7 Å². The van der Waals surface area contributed by atoms with E-state index in [2.05, 4.69) is 0 Å². The van der Waals surface area contributed by atoms with E-state index in [1.54, 1.807) is 0 Å². The van der Waals surface area contributed by atoms with Crippen LogP contribution in [0.5, 0.6) is 0 Å². The summed E-state index contributed by atoms with van der Waals surface area (Å²) in [4.78, 5) is 29.3. The Morgan fingerprint density at radius 3 is 0.857 bits per heavy atom. The van der Waals surface area contributed by atoms with E-state index in [0.29, 0.717) is 0 Å². The average Bonchev–Trinajstić information content (AvgIpc) is 0.722. The van der Waals surface area contributed by atoms with Crippen LogP contribution in [0.15, 0.2) is 0 Å². The monoisotopic (exact) mass is 319 g/mol. The van der Waals surface area contributed by atoms with Crippen LogP contribution in [0.4, 0.5) is 0 Å². The first kappa shape index (κ1) is 16.0. The molecule has 0 rings (SSSR count). The summed E-state index contributed by atoms with van der Waals surface area (Å²) >= 11 is 0. The first-order valence-corrected chi connectivity index (χ1v) is 2.68. The molecule has 51 valence electrons. The van der Waals surface area contributed by atoms with Crippen molar-refractivity contribution in [3.05, 3.63) is 0 Å². The van der Waals surface area contributed by atoms with Crippen LogP contribution in [0.25, 0.3) is 0 Å². The summed E-state index contributed by atoms with van der Waals surface area (Å²) in [7, 11) is -4.61. The van der Waals surface area contributed by atoms with Crippen molar-refractivity contribution in [1.82, 2.24) is 0 Å². The van der Waals surface area contributed by atoms with Gasteiger partial charge in [0.05, 0.1) is 0 Å². The van der Waals surface area contributed by atoms with Crippen LogP contribution in [0.1, 0.15) is 0 Å². The number of hydrogen-bond acceptors (Lipinski definition) is 4. The molecule has 0 fully saturated rings. The molecule has 0 saturated heterocycles. The topological polar surface area (TPSA) is 80.9 Å². The fourth-order valence-electron chi connectivity index (χ4n) is 0. The van der Waals surface area contributed by atoms with Gasteiger partial charge >= 0.3 is 9.05 Å². The average molecular weight is 319 g/mol. The molecule has 4 N–H and O–H groups in total. The fourth-order valence-corrected chi connectivity index (χ4v) is 0. The Labute approximate surface area is 85.7 Å². The van der Waals surface area contributed by atoms with Crippen LogP contribution >= 0.6 is 0 Å². The summed E-state index contributed by atoms with van der Waals surface area (Å²) in [5.41, 5.74) is 0. The molecule has 7 heavy (non-hydrogen) atoms. The van der Waals surface area contributed by atoms with E-state index in [4.69, 9.17) is 19.2 Å². The molecule has 0 aliphatic heterocycles. The summed E-state index contributed by atoms with van der Waals surface area (Å²) in [6, 6.07) is 0. The second-order valence-electron chi connectivity index (χ2n) is 0.600. The van der Waals surface area contributed by atoms with Gasteiger partial charge in [-0.1, -0.05) is 0 Å². The molecule has 0 atom stereocenters. The largest absolute Gasteiger partial charge is 0.668 e. The van der Waals surface area contributed by atoms with Gasteiger partial charge in [0.1, 0.15) is 0 Å². The Morgan fingerprint density at radius 2 is 0.857 bits per heavy atom. The zero-order valence-electron chi connectivity index (χ0n) is 3.05. The predicted octanol–water partition coefficient (Wildman–Crippen LogP) is -2.61. The van der Waals surface area contributed by atoms with Gasteiger partial charge in [-0.15, -0.1) is 0 Å². The summed E-state index contributed by atoms with van der Waals surface area (Å²) in [5, 5.41) is 0. The molecule has 7 heteroatoms. The van der Waals surface area contributed by atoms with Gasteiger partial charge in [-0.2, -0.15) is 0 Å². The van der Waals surface area contributed by atoms with Crippen molar-refractivity contribution >= 4 is 9.05 Å². The molecule has 0 unspecified atom stereocenters. The summed E-state index contributed by atoms with van der Waals surface area (Å²) in [5.74, 6) is 0. The minimum Gasteiger partial charge on any atom is -0.368 e. The van der Waals surface area contributed by atoms with E-state index >= 15 is 0 Å². The zero-order valence-corrected chi connectivity index (χ0v) is 7.27. The van der Waals surface area contributed by atoms with Crippen molar-refractivity contribution < 1.29 is 77.8 Å². The predicted molar refractivity (Wildman–Crippen MR) is 14.6 cm³/mol. The third-order valence-electron chi connectivity index (χ3n) is 0. The van der Waals surface area contributed by atoms with E-state index < -0.39 is 9.05 Å². The molecule has 0 saturated carbocycles. The molecule has 0 aromatic rings. The first-order chi connectivity index (χ1) is 2.00. The quantitative estimate of drug-likeness (QED) is 0.369. The van der Waals surface area contributed by atoms with Crippen LogP contribution < -0.4 is 0 Å². The molecule has 0 aliphatic rings. The van der Waals surface area contributed by atoms with Crippen LogP contribution in [0.3, 0.4) is 0 Å². The van der Waals surface area contributed by atoms with Crippen molar-refractivity contribution in [1.29, 1.82) is 0 Å². The first-order valence-electron chi connectivity index (χ1n) is 0.894. The minimum absolute atomic E-state index is 0. The van der Waals surface area contributed by atoms with Crippen LogP contribution in [0.2, 0.25) is 0 Å². The summed E-state index contributed by atoms with van der Waals surface area (Å²) in [6.07, 6.45) is 0. The molecule has 1 radical (unpaired) electrons. The second-order valence-corrected chi connectivity index (χ2v) is 1.80. The third-order valence-corrected chi connectivity index (χ3v) is 0. The molecule has 0 aliphatic carbocycles. The molecular weight excluding hydrogens is 315 g/mol. The molecule has 0 spiro atoms. The van der Waals surface area contributed by atoms with E-state index in [1.165, 1.54) is 0 Å². The molecule has 0 aromatic heterocycles. The van der Waals surface area contributed by atoms with Gasteiger partial charge < -0.3 is 19.2 Å². The minimum atomic E-state index is -4.61. The normalized spacial score (nSPS) is 8.57. The molecule has 0 heterocycles. The Kier molecular flexibility index (Phi) is 14.0. The Balaban J connectivity index is -0.0000000800. The summed E-state index contributed by atoms with van der Waals surface area (Å²) < 4.78 is 0. The van der Waals surface area contributed by atoms with Gasteiger partial charge in [0.2, 0.25) is 0 Å². The zero-order chi connectivity index (χ0) is 4.50. The maximum absolute atomic E-state index is 7.33. The Bertz CT molecular complexity index is 27.2. The van der Waals surface area contributed by atoms with E-state index in [1.807, 2.05) is 0 Å². The second kappa shape index (κ2) is 6.13. The van der Waals surface area contributed by atoms with Gasteiger partial charge in [-0.05, 0) is 0 Å².